The zero-order valence-electron chi connectivity index (χ0n) is 17.2. The largest absolute Gasteiger partial charge is 0.403 e. The highest BCUT2D eigenvalue weighted by atomic mass is 35.5. The second kappa shape index (κ2) is 8.90. The second-order valence-electron chi connectivity index (χ2n) is 7.64. The summed E-state index contributed by atoms with van der Waals surface area (Å²) in [5.41, 5.74) is 0.0960. The average molecular weight is 480 g/mol. The molecule has 0 aliphatic heterocycles. The van der Waals surface area contributed by atoms with E-state index in [-0.39, 0.29) is 22.2 Å². The van der Waals surface area contributed by atoms with Crippen LogP contribution in [-0.2, 0) is 5.54 Å². The number of ether oxygens (including phenoxy) is 1. The molecule has 0 spiro atoms. The molecule has 0 aliphatic rings. The van der Waals surface area contributed by atoms with E-state index >= 15 is 0 Å². The summed E-state index contributed by atoms with van der Waals surface area (Å²) in [6, 6.07) is 10.9. The normalized spacial score (nSPS) is 11.4. The lowest BCUT2D eigenvalue weighted by Gasteiger charge is -2.22. The number of benzene rings is 2. The van der Waals surface area contributed by atoms with Gasteiger partial charge in [0.2, 0.25) is 5.88 Å². The number of nitrogens with zero attached hydrogens (tertiary/aromatic N) is 3. The lowest BCUT2D eigenvalue weighted by atomic mass is 10.1. The van der Waals surface area contributed by atoms with E-state index < -0.39 is 16.4 Å². The van der Waals surface area contributed by atoms with Crippen molar-refractivity contribution in [2.75, 3.05) is 0 Å². The predicted octanol–water partition coefficient (Wildman–Crippen LogP) is 6.53. The summed E-state index contributed by atoms with van der Waals surface area (Å²) in [6.07, 6.45) is 0. The highest BCUT2D eigenvalue weighted by Gasteiger charge is 2.29. The van der Waals surface area contributed by atoms with Gasteiger partial charge in [-0.2, -0.15) is 5.10 Å². The molecule has 0 atom stereocenters. The van der Waals surface area contributed by atoms with Crippen LogP contribution in [0.1, 0.15) is 36.8 Å². The van der Waals surface area contributed by atoms with Crippen molar-refractivity contribution in [1.82, 2.24) is 9.78 Å². The first-order valence-electron chi connectivity index (χ1n) is 9.17. The molecule has 0 bridgehead atoms. The molecule has 0 amide bonds. The van der Waals surface area contributed by atoms with Crippen LogP contribution >= 0.6 is 35.0 Å². The molecule has 3 aromatic rings. The SMILES string of the molecule is Cc1nn(C(C)(C)C)c(OC(=O)c2cc(Cl)ccc2Cl)c1Sc1ccccc1[N+](=O)[O-]. The Bertz CT molecular complexity index is 1170. The number of carbonyl (C=O) groups is 1. The number of aryl methyl sites for hydroxylation is 1. The van der Waals surface area contributed by atoms with E-state index in [1.54, 1.807) is 35.9 Å². The number of rotatable bonds is 5. The van der Waals surface area contributed by atoms with Gasteiger partial charge < -0.3 is 4.74 Å². The van der Waals surface area contributed by atoms with Gasteiger partial charge in [-0.1, -0.05) is 47.1 Å². The van der Waals surface area contributed by atoms with Crippen molar-refractivity contribution in [3.8, 4) is 5.88 Å². The van der Waals surface area contributed by atoms with Gasteiger partial charge in [-0.25, -0.2) is 9.48 Å². The molecule has 3 rings (SSSR count). The maximum Gasteiger partial charge on any atom is 0.346 e. The number of nitro groups is 1. The summed E-state index contributed by atoms with van der Waals surface area (Å²) in [4.78, 5) is 24.8. The molecule has 0 aliphatic carbocycles. The molecular formula is C21H19Cl2N3O4S. The monoisotopic (exact) mass is 479 g/mol. The molecule has 0 unspecified atom stereocenters. The molecule has 0 radical (unpaired) electrons. The molecular weight excluding hydrogens is 461 g/mol. The Morgan fingerprint density at radius 2 is 1.87 bits per heavy atom. The first kappa shape index (κ1) is 23.1. The first-order valence-corrected chi connectivity index (χ1v) is 10.7. The van der Waals surface area contributed by atoms with E-state index in [4.69, 9.17) is 27.9 Å². The lowest BCUT2D eigenvalue weighted by molar-refractivity contribution is -0.387. The number of hydrogen-bond acceptors (Lipinski definition) is 6. The maximum absolute atomic E-state index is 12.9. The summed E-state index contributed by atoms with van der Waals surface area (Å²) in [6.45, 7) is 7.47. The van der Waals surface area contributed by atoms with E-state index in [0.717, 1.165) is 11.8 Å². The summed E-state index contributed by atoms with van der Waals surface area (Å²) in [5, 5.41) is 16.5. The van der Waals surface area contributed by atoms with Gasteiger partial charge in [0.05, 0.1) is 36.5 Å². The molecule has 0 saturated heterocycles. The Morgan fingerprint density at radius 3 is 2.52 bits per heavy atom. The van der Waals surface area contributed by atoms with Gasteiger partial charge in [0.15, 0.2) is 0 Å². The maximum atomic E-state index is 12.9. The van der Waals surface area contributed by atoms with Crippen LogP contribution in [0.25, 0.3) is 0 Å². The number of carbonyl (C=O) groups excluding carboxylic acids is 1. The molecule has 7 nitrogen and oxygen atoms in total. The van der Waals surface area contributed by atoms with Crippen LogP contribution in [0.3, 0.4) is 0 Å². The quantitative estimate of drug-likeness (QED) is 0.234. The Labute approximate surface area is 193 Å². The van der Waals surface area contributed by atoms with Crippen molar-refractivity contribution in [3.63, 3.8) is 0 Å². The fourth-order valence-electron chi connectivity index (χ4n) is 2.75. The summed E-state index contributed by atoms with van der Waals surface area (Å²) < 4.78 is 7.33. The lowest BCUT2D eigenvalue weighted by Crippen LogP contribution is -2.25. The van der Waals surface area contributed by atoms with Crippen LogP contribution in [0.5, 0.6) is 5.88 Å². The zero-order chi connectivity index (χ0) is 22.9. The van der Waals surface area contributed by atoms with Gasteiger partial charge in [0, 0.05) is 11.1 Å². The Balaban J connectivity index is 2.10. The van der Waals surface area contributed by atoms with E-state index in [9.17, 15) is 14.9 Å². The third-order valence-corrected chi connectivity index (χ3v) is 6.02. The molecule has 31 heavy (non-hydrogen) atoms. The van der Waals surface area contributed by atoms with Gasteiger partial charge in [0.1, 0.15) is 0 Å². The molecule has 0 saturated carbocycles. The number of esters is 1. The molecule has 162 valence electrons. The van der Waals surface area contributed by atoms with Crippen LogP contribution in [0.15, 0.2) is 52.3 Å². The minimum atomic E-state index is -0.706. The third kappa shape index (κ3) is 5.03. The fourth-order valence-corrected chi connectivity index (χ4v) is 4.14. The van der Waals surface area contributed by atoms with Crippen LogP contribution in [0.4, 0.5) is 5.69 Å². The fraction of sp³-hybridized carbons (Fsp3) is 0.238. The van der Waals surface area contributed by atoms with Gasteiger partial charge in [0.25, 0.3) is 5.69 Å². The van der Waals surface area contributed by atoms with Gasteiger partial charge in [-0.15, -0.1) is 0 Å². The van der Waals surface area contributed by atoms with Crippen LogP contribution in [0, 0.1) is 17.0 Å². The number of para-hydroxylation sites is 1. The van der Waals surface area contributed by atoms with Gasteiger partial charge in [-0.3, -0.25) is 10.1 Å². The Kier molecular flexibility index (Phi) is 6.64. The van der Waals surface area contributed by atoms with E-state index in [0.29, 0.717) is 20.5 Å². The van der Waals surface area contributed by atoms with Crippen molar-refractivity contribution in [1.29, 1.82) is 0 Å². The van der Waals surface area contributed by atoms with E-state index in [1.807, 2.05) is 20.8 Å². The molecule has 0 N–H and O–H groups in total. The molecule has 2 aromatic carbocycles. The van der Waals surface area contributed by atoms with Crippen molar-refractivity contribution in [3.05, 3.63) is 73.9 Å². The highest BCUT2D eigenvalue weighted by molar-refractivity contribution is 7.99. The van der Waals surface area contributed by atoms with E-state index in [1.165, 1.54) is 18.2 Å². The number of aromatic nitrogens is 2. The minimum Gasteiger partial charge on any atom is -0.403 e. The van der Waals surface area contributed by atoms with Crippen molar-refractivity contribution >= 4 is 46.6 Å². The number of halogens is 2. The topological polar surface area (TPSA) is 87.3 Å². The number of hydrogen-bond donors (Lipinski definition) is 0. The van der Waals surface area contributed by atoms with Crippen molar-refractivity contribution < 1.29 is 14.5 Å². The molecule has 10 heteroatoms. The molecule has 1 aromatic heterocycles. The van der Waals surface area contributed by atoms with Crippen LogP contribution in [0.2, 0.25) is 10.0 Å². The van der Waals surface area contributed by atoms with Crippen LogP contribution < -0.4 is 4.74 Å². The minimum absolute atomic E-state index is 0.0504. The summed E-state index contributed by atoms with van der Waals surface area (Å²) >= 11 is 13.3. The van der Waals surface area contributed by atoms with Crippen molar-refractivity contribution in [2.24, 2.45) is 0 Å². The standard InChI is InChI=1S/C21H19Cl2N3O4S/c1-12-18(31-17-8-6-5-7-16(17)26(28)29)19(25(24-12)21(2,3)4)30-20(27)14-11-13(22)9-10-15(14)23/h5-11H,1-4H3. The average Bonchev–Trinajstić information content (AvgIpc) is 3.00. The van der Waals surface area contributed by atoms with Gasteiger partial charge in [-0.05, 0) is 52.0 Å². The first-order chi connectivity index (χ1) is 14.5. The zero-order valence-corrected chi connectivity index (χ0v) is 19.5. The van der Waals surface area contributed by atoms with E-state index in [2.05, 4.69) is 5.10 Å². The smallest absolute Gasteiger partial charge is 0.346 e. The second-order valence-corrected chi connectivity index (χ2v) is 9.54. The summed E-state index contributed by atoms with van der Waals surface area (Å²) in [5.74, 6) is -0.531. The Morgan fingerprint density at radius 1 is 1.19 bits per heavy atom. The van der Waals surface area contributed by atoms with Gasteiger partial charge >= 0.3 is 5.97 Å². The molecule has 0 fully saturated rings. The molecule has 1 heterocycles. The van der Waals surface area contributed by atoms with Crippen molar-refractivity contribution in [2.45, 2.75) is 43.0 Å². The predicted molar refractivity (Wildman–Crippen MR) is 121 cm³/mol. The third-order valence-electron chi connectivity index (χ3n) is 4.21. The Hall–Kier alpha value is -2.55. The summed E-state index contributed by atoms with van der Waals surface area (Å²) in [7, 11) is 0. The number of nitro benzene ring substituents is 1. The van der Waals surface area contributed by atoms with Crippen LogP contribution in [-0.4, -0.2) is 20.7 Å². The highest BCUT2D eigenvalue weighted by Crippen LogP contribution is 2.43.